The first kappa shape index (κ1) is 12.3. The Morgan fingerprint density at radius 1 is 1.35 bits per heavy atom. The van der Waals surface area contributed by atoms with Crippen LogP contribution in [0.15, 0.2) is 41.0 Å². The molecule has 0 amide bonds. The fraction of sp³-hybridized carbons (Fsp3) is 0.0667. The summed E-state index contributed by atoms with van der Waals surface area (Å²) in [6.07, 6.45) is 1.49. The first-order valence-electron chi connectivity index (χ1n) is 5.94. The number of halogens is 1. The fourth-order valence-electron chi connectivity index (χ4n) is 2.18. The van der Waals surface area contributed by atoms with E-state index in [9.17, 15) is 14.3 Å². The third kappa shape index (κ3) is 1.93. The number of carboxylic acids is 1. The van der Waals surface area contributed by atoms with Crippen molar-refractivity contribution in [1.29, 1.82) is 0 Å². The molecule has 1 aromatic carbocycles. The van der Waals surface area contributed by atoms with E-state index in [1.807, 2.05) is 0 Å². The molecule has 0 aliphatic carbocycles. The summed E-state index contributed by atoms with van der Waals surface area (Å²) in [5.41, 5.74) is 1.45. The molecule has 0 spiro atoms. The third-order valence-electron chi connectivity index (χ3n) is 3.07. The topological polar surface area (TPSA) is 63.3 Å². The van der Waals surface area contributed by atoms with Crippen molar-refractivity contribution in [3.05, 3.63) is 53.5 Å². The van der Waals surface area contributed by atoms with Crippen molar-refractivity contribution in [2.45, 2.75) is 6.92 Å². The largest absolute Gasteiger partial charge is 0.478 e. The Bertz CT molecular complexity index is 810. The van der Waals surface area contributed by atoms with Gasteiger partial charge in [-0.05, 0) is 42.8 Å². The van der Waals surface area contributed by atoms with Crippen molar-refractivity contribution in [3.8, 4) is 11.5 Å². The summed E-state index contributed by atoms with van der Waals surface area (Å²) in [7, 11) is 0. The zero-order valence-corrected chi connectivity index (χ0v) is 10.6. The summed E-state index contributed by atoms with van der Waals surface area (Å²) >= 11 is 0. The molecule has 0 atom stereocenters. The van der Waals surface area contributed by atoms with E-state index in [0.717, 1.165) is 0 Å². The molecule has 2 heterocycles. The fourth-order valence-corrected chi connectivity index (χ4v) is 2.18. The van der Waals surface area contributed by atoms with Gasteiger partial charge in [-0.3, -0.25) is 0 Å². The average molecular weight is 271 g/mol. The van der Waals surface area contributed by atoms with Gasteiger partial charge < -0.3 is 9.52 Å². The minimum Gasteiger partial charge on any atom is -0.478 e. The highest BCUT2D eigenvalue weighted by atomic mass is 19.1. The van der Waals surface area contributed by atoms with Crippen LogP contribution < -0.4 is 0 Å². The maximum absolute atomic E-state index is 13.5. The van der Waals surface area contributed by atoms with Crippen LogP contribution in [-0.4, -0.2) is 16.1 Å². The van der Waals surface area contributed by atoms with Gasteiger partial charge in [-0.25, -0.2) is 14.2 Å². The molecule has 0 aliphatic heterocycles. The monoisotopic (exact) mass is 271 g/mol. The number of pyridine rings is 1. The number of rotatable bonds is 2. The lowest BCUT2D eigenvalue weighted by atomic mass is 10.0. The number of aryl methyl sites for hydroxylation is 1. The molecule has 0 unspecified atom stereocenters. The molecule has 0 radical (unpaired) electrons. The van der Waals surface area contributed by atoms with Crippen molar-refractivity contribution in [2.75, 3.05) is 0 Å². The Kier molecular flexibility index (Phi) is 2.75. The maximum Gasteiger partial charge on any atom is 0.336 e. The highest BCUT2D eigenvalue weighted by Gasteiger charge is 2.16. The Labute approximate surface area is 113 Å². The average Bonchev–Trinajstić information content (AvgIpc) is 2.91. The van der Waals surface area contributed by atoms with E-state index >= 15 is 0 Å². The van der Waals surface area contributed by atoms with Crippen LogP contribution in [0.1, 0.15) is 15.9 Å². The van der Waals surface area contributed by atoms with Crippen LogP contribution in [0, 0.1) is 12.7 Å². The van der Waals surface area contributed by atoms with Gasteiger partial charge in [0.25, 0.3) is 0 Å². The number of hydrogen-bond acceptors (Lipinski definition) is 3. The van der Waals surface area contributed by atoms with E-state index in [1.165, 1.54) is 24.5 Å². The molecule has 100 valence electrons. The first-order valence-corrected chi connectivity index (χ1v) is 5.94. The van der Waals surface area contributed by atoms with Gasteiger partial charge in [0.2, 0.25) is 0 Å². The number of aromatic carboxylic acids is 1. The van der Waals surface area contributed by atoms with Crippen LogP contribution >= 0.6 is 0 Å². The van der Waals surface area contributed by atoms with Crippen LogP contribution in [-0.2, 0) is 0 Å². The minimum absolute atomic E-state index is 0.00370. The highest BCUT2D eigenvalue weighted by Crippen LogP contribution is 2.27. The van der Waals surface area contributed by atoms with Crippen LogP contribution in [0.2, 0.25) is 0 Å². The highest BCUT2D eigenvalue weighted by molar-refractivity contribution is 6.04. The van der Waals surface area contributed by atoms with Gasteiger partial charge in [0.1, 0.15) is 11.5 Å². The van der Waals surface area contributed by atoms with Gasteiger partial charge in [-0.15, -0.1) is 0 Å². The zero-order valence-electron chi connectivity index (χ0n) is 10.6. The summed E-state index contributed by atoms with van der Waals surface area (Å²) in [4.78, 5) is 15.8. The van der Waals surface area contributed by atoms with Crippen molar-refractivity contribution < 1.29 is 18.7 Å². The summed E-state index contributed by atoms with van der Waals surface area (Å²) in [5.74, 6) is -1.14. The molecule has 20 heavy (non-hydrogen) atoms. The molecule has 2 aromatic heterocycles. The molecular formula is C15H10FNO3. The molecule has 5 heteroatoms. The second-order valence-electron chi connectivity index (χ2n) is 4.46. The van der Waals surface area contributed by atoms with Gasteiger partial charge in [-0.1, -0.05) is 0 Å². The van der Waals surface area contributed by atoms with Gasteiger partial charge in [0.15, 0.2) is 5.76 Å². The maximum atomic E-state index is 13.5. The number of aromatic nitrogens is 1. The number of furan rings is 1. The van der Waals surface area contributed by atoms with E-state index in [0.29, 0.717) is 22.5 Å². The van der Waals surface area contributed by atoms with Crippen molar-refractivity contribution >= 4 is 16.9 Å². The van der Waals surface area contributed by atoms with Gasteiger partial charge in [-0.2, -0.15) is 0 Å². The Morgan fingerprint density at radius 2 is 2.15 bits per heavy atom. The Morgan fingerprint density at radius 3 is 2.80 bits per heavy atom. The van der Waals surface area contributed by atoms with E-state index in [1.54, 1.807) is 19.1 Å². The molecular weight excluding hydrogens is 261 g/mol. The number of fused-ring (bicyclic) bond motifs is 1. The number of hydrogen-bond donors (Lipinski definition) is 1. The van der Waals surface area contributed by atoms with Crippen molar-refractivity contribution in [3.63, 3.8) is 0 Å². The third-order valence-corrected chi connectivity index (χ3v) is 3.07. The predicted octanol–water partition coefficient (Wildman–Crippen LogP) is 3.64. The summed E-state index contributed by atoms with van der Waals surface area (Å²) in [6.45, 7) is 1.69. The SMILES string of the molecule is Cc1cc(F)cc2c(C(=O)O)cc(-c3ccco3)nc12. The van der Waals surface area contributed by atoms with E-state index in [-0.39, 0.29) is 10.9 Å². The molecule has 0 saturated carbocycles. The van der Waals surface area contributed by atoms with E-state index in [4.69, 9.17) is 4.42 Å². The molecule has 0 fully saturated rings. The van der Waals surface area contributed by atoms with Crippen LogP contribution in [0.3, 0.4) is 0 Å². The molecule has 3 rings (SSSR count). The number of benzene rings is 1. The molecule has 1 N–H and O–H groups in total. The second kappa shape index (κ2) is 4.45. The zero-order chi connectivity index (χ0) is 14.3. The first-order chi connectivity index (χ1) is 9.56. The minimum atomic E-state index is -1.13. The molecule has 0 bridgehead atoms. The second-order valence-corrected chi connectivity index (χ2v) is 4.46. The van der Waals surface area contributed by atoms with Gasteiger partial charge >= 0.3 is 5.97 Å². The number of carbonyl (C=O) groups is 1. The number of carboxylic acid groups (broad SMARTS) is 1. The van der Waals surface area contributed by atoms with Crippen LogP contribution in [0.5, 0.6) is 0 Å². The quantitative estimate of drug-likeness (QED) is 0.772. The van der Waals surface area contributed by atoms with Crippen molar-refractivity contribution in [1.82, 2.24) is 4.98 Å². The van der Waals surface area contributed by atoms with Gasteiger partial charge in [0.05, 0.1) is 17.3 Å². The lowest BCUT2D eigenvalue weighted by molar-refractivity contribution is 0.0699. The number of nitrogens with zero attached hydrogens (tertiary/aromatic N) is 1. The van der Waals surface area contributed by atoms with Gasteiger partial charge in [0, 0.05) is 5.39 Å². The Balaban J connectivity index is 2.40. The normalized spacial score (nSPS) is 10.9. The lowest BCUT2D eigenvalue weighted by Crippen LogP contribution is -2.01. The predicted molar refractivity (Wildman–Crippen MR) is 71.1 cm³/mol. The summed E-state index contributed by atoms with van der Waals surface area (Å²) < 4.78 is 18.7. The summed E-state index contributed by atoms with van der Waals surface area (Å²) in [6, 6.07) is 7.29. The van der Waals surface area contributed by atoms with E-state index in [2.05, 4.69) is 4.98 Å². The lowest BCUT2D eigenvalue weighted by Gasteiger charge is -2.08. The standard InChI is InChI=1S/C15H10FNO3/c1-8-5-9(16)6-10-11(15(18)19)7-12(17-14(8)10)13-3-2-4-20-13/h2-7H,1H3,(H,18,19). The Hall–Kier alpha value is -2.69. The summed E-state index contributed by atoms with van der Waals surface area (Å²) in [5, 5.41) is 9.59. The molecule has 3 aromatic rings. The van der Waals surface area contributed by atoms with Crippen LogP contribution in [0.4, 0.5) is 4.39 Å². The van der Waals surface area contributed by atoms with E-state index < -0.39 is 11.8 Å². The van der Waals surface area contributed by atoms with Crippen molar-refractivity contribution in [2.24, 2.45) is 0 Å². The molecule has 0 saturated heterocycles. The van der Waals surface area contributed by atoms with Crippen LogP contribution in [0.25, 0.3) is 22.4 Å². The smallest absolute Gasteiger partial charge is 0.336 e. The molecule has 0 aliphatic rings. The molecule has 4 nitrogen and oxygen atoms in total.